The number of benzene rings is 3. The largest absolute Gasteiger partial charge is 0.481 e. The standard InChI is InChI=1S/C30H30N4O4S/c1-20-28(32-30(39-20)33-29(38)31-19-21-10-5-3-6-11-21)23-14-9-15-25(16-23)34(2)26(35)17-24(18-27(36)37)22-12-7-4-8-13-22/h3-16,24H,17-19H2,1-2H3,(H,36,37)(H2,31,32,33,38). The van der Waals surface area contributed by atoms with Crippen LogP contribution in [-0.2, 0) is 16.1 Å². The molecule has 3 N–H and O–H groups in total. The Labute approximate surface area is 231 Å². The summed E-state index contributed by atoms with van der Waals surface area (Å²) in [6.45, 7) is 2.34. The Bertz CT molecular complexity index is 1440. The number of aromatic nitrogens is 1. The lowest BCUT2D eigenvalue weighted by atomic mass is 9.92. The Morgan fingerprint density at radius 1 is 0.949 bits per heavy atom. The fourth-order valence-corrected chi connectivity index (χ4v) is 5.07. The van der Waals surface area contributed by atoms with Gasteiger partial charge in [0.2, 0.25) is 5.91 Å². The van der Waals surface area contributed by atoms with Crippen molar-refractivity contribution in [1.82, 2.24) is 10.3 Å². The molecule has 39 heavy (non-hydrogen) atoms. The zero-order chi connectivity index (χ0) is 27.8. The number of carbonyl (C=O) groups is 3. The number of amides is 3. The molecular formula is C30H30N4O4S. The summed E-state index contributed by atoms with van der Waals surface area (Å²) >= 11 is 1.37. The van der Waals surface area contributed by atoms with E-state index in [0.717, 1.165) is 21.6 Å². The van der Waals surface area contributed by atoms with Gasteiger partial charge in [0, 0.05) is 42.1 Å². The van der Waals surface area contributed by atoms with Gasteiger partial charge in [0.15, 0.2) is 5.13 Å². The van der Waals surface area contributed by atoms with E-state index in [1.54, 1.807) is 11.9 Å². The van der Waals surface area contributed by atoms with Crippen molar-refractivity contribution in [2.75, 3.05) is 17.3 Å². The predicted molar refractivity (Wildman–Crippen MR) is 154 cm³/mol. The van der Waals surface area contributed by atoms with Crippen LogP contribution in [0.2, 0.25) is 0 Å². The smallest absolute Gasteiger partial charge is 0.321 e. The second kappa shape index (κ2) is 12.8. The van der Waals surface area contributed by atoms with Gasteiger partial charge in [-0.25, -0.2) is 9.78 Å². The van der Waals surface area contributed by atoms with Crippen molar-refractivity contribution in [1.29, 1.82) is 0 Å². The topological polar surface area (TPSA) is 112 Å². The summed E-state index contributed by atoms with van der Waals surface area (Å²) in [5.74, 6) is -1.56. The highest BCUT2D eigenvalue weighted by Crippen LogP contribution is 2.33. The molecule has 4 rings (SSSR count). The van der Waals surface area contributed by atoms with Crippen molar-refractivity contribution in [3.63, 3.8) is 0 Å². The molecule has 4 aromatic rings. The molecule has 9 heteroatoms. The van der Waals surface area contributed by atoms with Crippen LogP contribution in [0.25, 0.3) is 11.3 Å². The molecule has 200 valence electrons. The van der Waals surface area contributed by atoms with Crippen molar-refractivity contribution >= 4 is 40.1 Å². The lowest BCUT2D eigenvalue weighted by Crippen LogP contribution is -2.28. The summed E-state index contributed by atoms with van der Waals surface area (Å²) in [6, 6.07) is 26.0. The molecular weight excluding hydrogens is 512 g/mol. The molecule has 0 aliphatic heterocycles. The fourth-order valence-electron chi connectivity index (χ4n) is 4.23. The summed E-state index contributed by atoms with van der Waals surface area (Å²) in [4.78, 5) is 44.1. The minimum atomic E-state index is -0.946. The Balaban J connectivity index is 1.44. The summed E-state index contributed by atoms with van der Waals surface area (Å²) in [6.07, 6.45) is -0.0602. The number of hydrogen-bond acceptors (Lipinski definition) is 5. The normalized spacial score (nSPS) is 11.4. The average molecular weight is 543 g/mol. The van der Waals surface area contributed by atoms with E-state index in [9.17, 15) is 19.5 Å². The first-order chi connectivity index (χ1) is 18.8. The van der Waals surface area contributed by atoms with Gasteiger partial charge in [-0.2, -0.15) is 0 Å². The van der Waals surface area contributed by atoms with Crippen LogP contribution in [0.15, 0.2) is 84.9 Å². The molecule has 1 unspecified atom stereocenters. The number of nitrogens with one attached hydrogen (secondary N) is 2. The molecule has 0 bridgehead atoms. The maximum atomic E-state index is 13.2. The van der Waals surface area contributed by atoms with Gasteiger partial charge in [-0.1, -0.05) is 72.8 Å². The van der Waals surface area contributed by atoms with Crippen molar-refractivity contribution in [2.24, 2.45) is 0 Å². The minimum Gasteiger partial charge on any atom is -0.481 e. The van der Waals surface area contributed by atoms with Gasteiger partial charge < -0.3 is 15.3 Å². The molecule has 0 aliphatic carbocycles. The monoisotopic (exact) mass is 542 g/mol. The lowest BCUT2D eigenvalue weighted by molar-refractivity contribution is -0.137. The van der Waals surface area contributed by atoms with Gasteiger partial charge >= 0.3 is 12.0 Å². The van der Waals surface area contributed by atoms with E-state index in [2.05, 4.69) is 15.6 Å². The molecule has 0 saturated heterocycles. The number of carboxylic acid groups (broad SMARTS) is 1. The third-order valence-corrected chi connectivity index (χ3v) is 7.19. The number of anilines is 2. The van der Waals surface area contributed by atoms with Crippen molar-refractivity contribution in [3.05, 3.63) is 101 Å². The second-order valence-electron chi connectivity index (χ2n) is 9.13. The van der Waals surface area contributed by atoms with Crippen molar-refractivity contribution < 1.29 is 19.5 Å². The number of nitrogens with zero attached hydrogens (tertiary/aromatic N) is 2. The molecule has 1 heterocycles. The molecule has 0 aliphatic rings. The Morgan fingerprint density at radius 3 is 2.33 bits per heavy atom. The molecule has 3 aromatic carbocycles. The van der Waals surface area contributed by atoms with Crippen LogP contribution < -0.4 is 15.5 Å². The summed E-state index contributed by atoms with van der Waals surface area (Å²) in [5.41, 5.74) is 4.01. The van der Waals surface area contributed by atoms with E-state index < -0.39 is 11.9 Å². The Morgan fingerprint density at radius 2 is 1.64 bits per heavy atom. The first kappa shape index (κ1) is 27.5. The zero-order valence-corrected chi connectivity index (χ0v) is 22.6. The van der Waals surface area contributed by atoms with Crippen LogP contribution in [0.1, 0.15) is 34.8 Å². The maximum Gasteiger partial charge on any atom is 0.321 e. The van der Waals surface area contributed by atoms with Gasteiger partial charge in [0.05, 0.1) is 12.1 Å². The average Bonchev–Trinajstić information content (AvgIpc) is 3.31. The van der Waals surface area contributed by atoms with E-state index in [0.29, 0.717) is 23.1 Å². The molecule has 0 fully saturated rings. The van der Waals surface area contributed by atoms with Gasteiger partial charge in [-0.3, -0.25) is 14.9 Å². The Kier molecular flexibility index (Phi) is 9.06. The molecule has 1 aromatic heterocycles. The van der Waals surface area contributed by atoms with E-state index in [4.69, 9.17) is 0 Å². The van der Waals surface area contributed by atoms with E-state index in [1.165, 1.54) is 11.3 Å². The quantitative estimate of drug-likeness (QED) is 0.226. The van der Waals surface area contributed by atoms with Crippen LogP contribution >= 0.6 is 11.3 Å². The first-order valence-corrected chi connectivity index (χ1v) is 13.3. The molecule has 0 radical (unpaired) electrons. The molecule has 3 amide bonds. The first-order valence-electron chi connectivity index (χ1n) is 12.5. The maximum absolute atomic E-state index is 13.2. The zero-order valence-electron chi connectivity index (χ0n) is 21.8. The van der Waals surface area contributed by atoms with Crippen LogP contribution in [-0.4, -0.2) is 35.0 Å². The SMILES string of the molecule is Cc1sc(NC(=O)NCc2ccccc2)nc1-c1cccc(N(C)C(=O)CC(CC(=O)O)c2ccccc2)c1. The lowest BCUT2D eigenvalue weighted by Gasteiger charge is -2.22. The van der Waals surface area contributed by atoms with E-state index >= 15 is 0 Å². The van der Waals surface area contributed by atoms with Gasteiger partial charge in [0.25, 0.3) is 0 Å². The highest BCUT2D eigenvalue weighted by Gasteiger charge is 2.22. The van der Waals surface area contributed by atoms with Crippen molar-refractivity contribution in [3.8, 4) is 11.3 Å². The highest BCUT2D eigenvalue weighted by molar-refractivity contribution is 7.16. The van der Waals surface area contributed by atoms with Crippen molar-refractivity contribution in [2.45, 2.75) is 32.2 Å². The molecule has 1 atom stereocenters. The van der Waals surface area contributed by atoms with Gasteiger partial charge in [-0.15, -0.1) is 11.3 Å². The van der Waals surface area contributed by atoms with Crippen LogP contribution in [0, 0.1) is 6.92 Å². The number of urea groups is 1. The minimum absolute atomic E-state index is 0.0684. The molecule has 0 spiro atoms. The van der Waals surface area contributed by atoms with E-state index in [1.807, 2.05) is 91.9 Å². The van der Waals surface area contributed by atoms with E-state index in [-0.39, 0.29) is 24.8 Å². The van der Waals surface area contributed by atoms with Gasteiger partial charge in [0.1, 0.15) is 0 Å². The van der Waals surface area contributed by atoms with Crippen LogP contribution in [0.4, 0.5) is 15.6 Å². The Hall–Kier alpha value is -4.50. The number of aryl methyl sites for hydroxylation is 1. The number of carboxylic acids is 1. The van der Waals surface area contributed by atoms with Crippen LogP contribution in [0.5, 0.6) is 0 Å². The summed E-state index contributed by atoms with van der Waals surface area (Å²) in [7, 11) is 1.68. The second-order valence-corrected chi connectivity index (χ2v) is 10.3. The number of hydrogen-bond donors (Lipinski definition) is 3. The van der Waals surface area contributed by atoms with Gasteiger partial charge in [-0.05, 0) is 30.2 Å². The number of thiazole rings is 1. The predicted octanol–water partition coefficient (Wildman–Crippen LogP) is 6.05. The number of rotatable bonds is 10. The fraction of sp³-hybridized carbons (Fsp3) is 0.200. The third-order valence-electron chi connectivity index (χ3n) is 6.31. The highest BCUT2D eigenvalue weighted by atomic mass is 32.1. The summed E-state index contributed by atoms with van der Waals surface area (Å²) in [5, 5.41) is 15.5. The van der Waals surface area contributed by atoms with Crippen LogP contribution in [0.3, 0.4) is 0 Å². The number of aliphatic carboxylic acids is 1. The third kappa shape index (κ3) is 7.52. The molecule has 0 saturated carbocycles. The molecule has 8 nitrogen and oxygen atoms in total. The summed E-state index contributed by atoms with van der Waals surface area (Å²) < 4.78 is 0. The number of carbonyl (C=O) groups excluding carboxylic acids is 2.